The quantitative estimate of drug-likeness (QED) is 0.559. The normalized spacial score (nSPS) is 13.2. The summed E-state index contributed by atoms with van der Waals surface area (Å²) in [5.41, 5.74) is 5.59. The molecule has 1 aromatic heterocycles. The summed E-state index contributed by atoms with van der Waals surface area (Å²) in [4.78, 5) is 12.2. The second-order valence-electron chi connectivity index (χ2n) is 6.34. The van der Waals surface area contributed by atoms with Gasteiger partial charge in [0, 0.05) is 29.2 Å². The number of carbonyl (C=O) groups is 1. The molecule has 1 N–H and O–H groups in total. The number of amides is 1. The third kappa shape index (κ3) is 3.65. The van der Waals surface area contributed by atoms with E-state index in [0.29, 0.717) is 19.0 Å². The molecule has 3 aromatic rings. The molecule has 0 saturated carbocycles. The Morgan fingerprint density at radius 3 is 2.85 bits per heavy atom. The van der Waals surface area contributed by atoms with E-state index in [1.54, 1.807) is 6.21 Å². The number of ether oxygens (including phenoxy) is 2. The van der Waals surface area contributed by atoms with Crippen molar-refractivity contribution >= 4 is 23.0 Å². The van der Waals surface area contributed by atoms with Crippen LogP contribution in [0.5, 0.6) is 11.5 Å². The highest BCUT2D eigenvalue weighted by molar-refractivity contribution is 5.99. The van der Waals surface area contributed by atoms with Crippen molar-refractivity contribution in [1.82, 2.24) is 9.99 Å². The second-order valence-corrected chi connectivity index (χ2v) is 6.34. The lowest BCUT2D eigenvalue weighted by Crippen LogP contribution is -2.20. The number of benzene rings is 2. The molecule has 2 aromatic carbocycles. The van der Waals surface area contributed by atoms with Crippen molar-refractivity contribution in [2.24, 2.45) is 5.10 Å². The zero-order chi connectivity index (χ0) is 18.6. The summed E-state index contributed by atoms with van der Waals surface area (Å²) < 4.78 is 13.2. The Kier molecular flexibility index (Phi) is 4.78. The van der Waals surface area contributed by atoms with E-state index in [1.807, 2.05) is 36.5 Å². The predicted molar refractivity (Wildman–Crippen MR) is 104 cm³/mol. The maximum Gasteiger partial charge on any atom is 0.244 e. The zero-order valence-electron chi connectivity index (χ0n) is 15.1. The first-order valence-corrected chi connectivity index (χ1v) is 9.03. The van der Waals surface area contributed by atoms with Crippen LogP contribution in [0.2, 0.25) is 0 Å². The molecule has 0 atom stereocenters. The van der Waals surface area contributed by atoms with Crippen molar-refractivity contribution in [2.45, 2.75) is 19.9 Å². The Hall–Kier alpha value is -3.28. The number of aryl methyl sites for hydroxylation is 1. The van der Waals surface area contributed by atoms with Crippen LogP contribution in [0.1, 0.15) is 18.1 Å². The molecule has 0 radical (unpaired) electrons. The summed E-state index contributed by atoms with van der Waals surface area (Å²) in [5, 5.41) is 5.24. The predicted octanol–water partition coefficient (Wildman–Crippen LogP) is 3.13. The molecule has 6 nitrogen and oxygen atoms in total. The van der Waals surface area contributed by atoms with Crippen LogP contribution < -0.4 is 14.9 Å². The minimum absolute atomic E-state index is 0.179. The smallest absolute Gasteiger partial charge is 0.244 e. The van der Waals surface area contributed by atoms with Crippen molar-refractivity contribution < 1.29 is 14.3 Å². The first-order chi connectivity index (χ1) is 13.2. The number of rotatable bonds is 5. The molecule has 0 aliphatic carbocycles. The first kappa shape index (κ1) is 17.1. The largest absolute Gasteiger partial charge is 0.486 e. The summed E-state index contributed by atoms with van der Waals surface area (Å²) in [6, 6.07) is 13.7. The lowest BCUT2D eigenvalue weighted by Gasteiger charge is -2.18. The maximum atomic E-state index is 12.2. The van der Waals surface area contributed by atoms with E-state index < -0.39 is 0 Å². The highest BCUT2D eigenvalue weighted by Gasteiger charge is 2.13. The van der Waals surface area contributed by atoms with Gasteiger partial charge in [-0.15, -0.1) is 0 Å². The summed E-state index contributed by atoms with van der Waals surface area (Å²) in [6.45, 7) is 4.06. The number of hydrogen-bond acceptors (Lipinski definition) is 4. The third-order valence-corrected chi connectivity index (χ3v) is 4.52. The summed E-state index contributed by atoms with van der Waals surface area (Å²) >= 11 is 0. The van der Waals surface area contributed by atoms with E-state index in [2.05, 4.69) is 34.2 Å². The van der Waals surface area contributed by atoms with E-state index in [4.69, 9.17) is 9.47 Å². The number of carbonyl (C=O) groups excluding carboxylic acids is 1. The van der Waals surface area contributed by atoms with Gasteiger partial charge < -0.3 is 14.0 Å². The fourth-order valence-electron chi connectivity index (χ4n) is 3.24. The molecule has 1 aliphatic heterocycles. The van der Waals surface area contributed by atoms with Crippen molar-refractivity contribution in [3.63, 3.8) is 0 Å². The SMILES string of the molecule is CCn1cc(/C=N\NC(=O)Cc2ccc3c(c2)OCCO3)c2ccccc21. The highest BCUT2D eigenvalue weighted by Crippen LogP contribution is 2.30. The Bertz CT molecular complexity index is 1010. The van der Waals surface area contributed by atoms with E-state index in [1.165, 1.54) is 0 Å². The van der Waals surface area contributed by atoms with Crippen LogP contribution in [0.25, 0.3) is 10.9 Å². The number of fused-ring (bicyclic) bond motifs is 2. The van der Waals surface area contributed by atoms with Gasteiger partial charge in [-0.2, -0.15) is 5.10 Å². The molecule has 1 aliphatic rings. The van der Waals surface area contributed by atoms with Gasteiger partial charge in [-0.25, -0.2) is 5.43 Å². The minimum atomic E-state index is -0.179. The highest BCUT2D eigenvalue weighted by atomic mass is 16.6. The molecule has 2 heterocycles. The monoisotopic (exact) mass is 363 g/mol. The molecule has 138 valence electrons. The summed E-state index contributed by atoms with van der Waals surface area (Å²) in [5.74, 6) is 1.22. The average molecular weight is 363 g/mol. The van der Waals surface area contributed by atoms with Crippen molar-refractivity contribution in [2.75, 3.05) is 13.2 Å². The van der Waals surface area contributed by atoms with Gasteiger partial charge in [-0.3, -0.25) is 4.79 Å². The number of aromatic nitrogens is 1. The molecule has 0 bridgehead atoms. The van der Waals surface area contributed by atoms with Gasteiger partial charge in [-0.1, -0.05) is 24.3 Å². The van der Waals surface area contributed by atoms with Crippen LogP contribution in [0.4, 0.5) is 0 Å². The molecule has 0 unspecified atom stereocenters. The van der Waals surface area contributed by atoms with E-state index in [-0.39, 0.29) is 12.3 Å². The Labute approximate surface area is 157 Å². The van der Waals surface area contributed by atoms with Crippen LogP contribution in [0.15, 0.2) is 53.8 Å². The van der Waals surface area contributed by atoms with Crippen LogP contribution in [0, 0.1) is 0 Å². The number of nitrogens with zero attached hydrogens (tertiary/aromatic N) is 2. The second kappa shape index (κ2) is 7.53. The molecule has 4 rings (SSSR count). The molecule has 6 heteroatoms. The molecule has 0 saturated heterocycles. The van der Waals surface area contributed by atoms with Crippen LogP contribution in [-0.2, 0) is 17.8 Å². The van der Waals surface area contributed by atoms with E-state index in [0.717, 1.165) is 34.3 Å². The van der Waals surface area contributed by atoms with Gasteiger partial charge in [0.2, 0.25) is 5.91 Å². The fraction of sp³-hybridized carbons (Fsp3) is 0.238. The van der Waals surface area contributed by atoms with Crippen LogP contribution in [0.3, 0.4) is 0 Å². The molecule has 0 spiro atoms. The summed E-state index contributed by atoms with van der Waals surface area (Å²) in [7, 11) is 0. The average Bonchev–Trinajstić information content (AvgIpc) is 3.06. The van der Waals surface area contributed by atoms with Gasteiger partial charge in [0.15, 0.2) is 11.5 Å². The molecule has 1 amide bonds. The van der Waals surface area contributed by atoms with Crippen LogP contribution >= 0.6 is 0 Å². The number of hydrazone groups is 1. The number of para-hydroxylation sites is 1. The lowest BCUT2D eigenvalue weighted by molar-refractivity contribution is -0.120. The topological polar surface area (TPSA) is 64.9 Å². The van der Waals surface area contributed by atoms with Crippen LogP contribution in [-0.4, -0.2) is 29.9 Å². The Balaban J connectivity index is 1.42. The molecule has 0 fully saturated rings. The standard InChI is InChI=1S/C21H21N3O3/c1-2-24-14-16(17-5-3-4-6-18(17)24)13-22-23-21(25)12-15-7-8-19-20(11-15)27-10-9-26-19/h3-8,11,13-14H,2,9-10,12H2,1H3,(H,23,25)/b22-13-. The zero-order valence-corrected chi connectivity index (χ0v) is 15.1. The number of hydrogen-bond donors (Lipinski definition) is 1. The van der Waals surface area contributed by atoms with Gasteiger partial charge >= 0.3 is 0 Å². The van der Waals surface area contributed by atoms with Gasteiger partial charge in [0.1, 0.15) is 13.2 Å². The third-order valence-electron chi connectivity index (χ3n) is 4.52. The minimum Gasteiger partial charge on any atom is -0.486 e. The Morgan fingerprint density at radius 2 is 2.00 bits per heavy atom. The maximum absolute atomic E-state index is 12.2. The molecular weight excluding hydrogens is 342 g/mol. The van der Waals surface area contributed by atoms with Crippen molar-refractivity contribution in [3.8, 4) is 11.5 Å². The van der Waals surface area contributed by atoms with E-state index >= 15 is 0 Å². The van der Waals surface area contributed by atoms with Gasteiger partial charge in [0.05, 0.1) is 12.6 Å². The van der Waals surface area contributed by atoms with Gasteiger partial charge in [0.25, 0.3) is 0 Å². The van der Waals surface area contributed by atoms with Crippen molar-refractivity contribution in [3.05, 3.63) is 59.8 Å². The van der Waals surface area contributed by atoms with E-state index in [9.17, 15) is 4.79 Å². The number of nitrogens with one attached hydrogen (secondary N) is 1. The fourth-order valence-corrected chi connectivity index (χ4v) is 3.24. The summed E-state index contributed by atoms with van der Waals surface area (Å²) in [6.07, 6.45) is 3.96. The van der Waals surface area contributed by atoms with Crippen molar-refractivity contribution in [1.29, 1.82) is 0 Å². The Morgan fingerprint density at radius 1 is 1.19 bits per heavy atom. The first-order valence-electron chi connectivity index (χ1n) is 9.03. The molecule has 27 heavy (non-hydrogen) atoms. The molecular formula is C21H21N3O3. The van der Waals surface area contributed by atoms with Gasteiger partial charge in [-0.05, 0) is 30.7 Å². The lowest BCUT2D eigenvalue weighted by atomic mass is 10.1.